The maximum atomic E-state index is 5.76. The summed E-state index contributed by atoms with van der Waals surface area (Å²) < 4.78 is 5.73. The first-order valence-electron chi connectivity index (χ1n) is 5.30. The van der Waals surface area contributed by atoms with Crippen molar-refractivity contribution in [1.82, 2.24) is 4.90 Å². The van der Waals surface area contributed by atoms with E-state index in [0.29, 0.717) is 12.6 Å². The minimum Gasteiger partial charge on any atom is -0.374 e. The first-order valence-corrected chi connectivity index (χ1v) is 6.18. The largest absolute Gasteiger partial charge is 0.374 e. The third-order valence-electron chi connectivity index (χ3n) is 3.01. The van der Waals surface area contributed by atoms with E-state index in [1.807, 2.05) is 0 Å². The molecule has 0 radical (unpaired) electrons. The van der Waals surface area contributed by atoms with Crippen LogP contribution in [0.1, 0.15) is 16.5 Å². The summed E-state index contributed by atoms with van der Waals surface area (Å²) in [4.78, 5) is 3.74. The molecular weight excluding hydrogens is 208 g/mol. The van der Waals surface area contributed by atoms with Crippen molar-refractivity contribution in [2.24, 2.45) is 5.73 Å². The summed E-state index contributed by atoms with van der Waals surface area (Å²) in [5, 5.41) is 2.14. The van der Waals surface area contributed by atoms with Gasteiger partial charge in [0.25, 0.3) is 0 Å². The number of aryl methyl sites for hydroxylation is 1. The van der Waals surface area contributed by atoms with Gasteiger partial charge in [-0.15, -0.1) is 11.3 Å². The highest BCUT2D eigenvalue weighted by Crippen LogP contribution is 2.33. The molecule has 0 amide bonds. The second kappa shape index (κ2) is 4.61. The van der Waals surface area contributed by atoms with Gasteiger partial charge in [-0.1, -0.05) is 0 Å². The number of nitrogens with zero attached hydrogens (tertiary/aromatic N) is 1. The zero-order chi connectivity index (χ0) is 10.8. The van der Waals surface area contributed by atoms with E-state index in [0.717, 1.165) is 13.2 Å². The Morgan fingerprint density at radius 1 is 1.67 bits per heavy atom. The first-order chi connectivity index (χ1) is 7.24. The van der Waals surface area contributed by atoms with Crippen LogP contribution in [0.4, 0.5) is 0 Å². The average molecular weight is 226 g/mol. The Balaban J connectivity index is 2.27. The van der Waals surface area contributed by atoms with Crippen molar-refractivity contribution >= 4 is 11.3 Å². The third kappa shape index (κ3) is 2.08. The fourth-order valence-corrected chi connectivity index (χ4v) is 3.26. The van der Waals surface area contributed by atoms with Crippen LogP contribution in [-0.4, -0.2) is 37.7 Å². The number of hydrogen-bond donors (Lipinski definition) is 1. The van der Waals surface area contributed by atoms with Crippen molar-refractivity contribution < 1.29 is 4.74 Å². The lowest BCUT2D eigenvalue weighted by Gasteiger charge is -2.38. The molecule has 4 heteroatoms. The number of likely N-dealkylation sites (N-methyl/N-ethyl adjacent to an activating group) is 1. The topological polar surface area (TPSA) is 38.5 Å². The molecule has 1 fully saturated rings. The van der Waals surface area contributed by atoms with Crippen LogP contribution in [0.15, 0.2) is 11.4 Å². The Kier molecular flexibility index (Phi) is 3.41. The monoisotopic (exact) mass is 226 g/mol. The summed E-state index contributed by atoms with van der Waals surface area (Å²) >= 11 is 1.80. The molecule has 2 heterocycles. The number of ether oxygens (including phenoxy) is 1. The third-order valence-corrected chi connectivity index (χ3v) is 4.10. The molecule has 0 spiro atoms. The Morgan fingerprint density at radius 2 is 2.47 bits per heavy atom. The van der Waals surface area contributed by atoms with Crippen LogP contribution >= 0.6 is 11.3 Å². The number of rotatable bonds is 2. The van der Waals surface area contributed by atoms with E-state index in [9.17, 15) is 0 Å². The molecule has 1 aromatic rings. The average Bonchev–Trinajstić information content (AvgIpc) is 2.64. The highest BCUT2D eigenvalue weighted by atomic mass is 32.1. The zero-order valence-corrected chi connectivity index (χ0v) is 10.1. The van der Waals surface area contributed by atoms with Gasteiger partial charge in [0.1, 0.15) is 0 Å². The van der Waals surface area contributed by atoms with Crippen molar-refractivity contribution in [3.05, 3.63) is 21.9 Å². The van der Waals surface area contributed by atoms with Crippen molar-refractivity contribution in [3.63, 3.8) is 0 Å². The summed E-state index contributed by atoms with van der Waals surface area (Å²) in [6.45, 7) is 4.52. The standard InChI is InChI=1S/C11H18N2OS/c1-8-3-6-15-11(8)10-9(7-12)14-5-4-13(10)2/h3,6,9-10H,4-5,7,12H2,1-2H3. The van der Waals surface area contributed by atoms with Gasteiger partial charge in [-0.25, -0.2) is 0 Å². The molecule has 1 aliphatic rings. The van der Waals surface area contributed by atoms with Crippen LogP contribution in [0.2, 0.25) is 0 Å². The van der Waals surface area contributed by atoms with E-state index in [2.05, 4.69) is 30.3 Å². The molecule has 1 aromatic heterocycles. The maximum absolute atomic E-state index is 5.76. The van der Waals surface area contributed by atoms with Crippen LogP contribution < -0.4 is 5.73 Å². The summed E-state index contributed by atoms with van der Waals surface area (Å²) in [6, 6.07) is 2.50. The van der Waals surface area contributed by atoms with E-state index in [1.165, 1.54) is 10.4 Å². The fraction of sp³-hybridized carbons (Fsp3) is 0.636. The van der Waals surface area contributed by atoms with E-state index in [-0.39, 0.29) is 6.10 Å². The summed E-state index contributed by atoms with van der Waals surface area (Å²) in [5.41, 5.74) is 7.11. The number of morpholine rings is 1. The lowest BCUT2D eigenvalue weighted by atomic mass is 10.0. The number of thiophene rings is 1. The van der Waals surface area contributed by atoms with Gasteiger partial charge in [0, 0.05) is 18.0 Å². The predicted molar refractivity (Wildman–Crippen MR) is 63.2 cm³/mol. The second-order valence-electron chi connectivity index (χ2n) is 4.04. The van der Waals surface area contributed by atoms with Gasteiger partial charge in [0.05, 0.1) is 18.8 Å². The molecule has 15 heavy (non-hydrogen) atoms. The Labute approximate surface area is 94.8 Å². The number of hydrogen-bond acceptors (Lipinski definition) is 4. The minimum atomic E-state index is 0.140. The Bertz CT molecular complexity index is 326. The molecule has 0 bridgehead atoms. The summed E-state index contributed by atoms with van der Waals surface area (Å²) in [5.74, 6) is 0. The van der Waals surface area contributed by atoms with Crippen LogP contribution in [0, 0.1) is 6.92 Å². The lowest BCUT2D eigenvalue weighted by molar-refractivity contribution is -0.0566. The van der Waals surface area contributed by atoms with Crippen LogP contribution in [0.3, 0.4) is 0 Å². The van der Waals surface area contributed by atoms with Gasteiger partial charge in [-0.05, 0) is 31.0 Å². The van der Waals surface area contributed by atoms with Crippen LogP contribution in [0.5, 0.6) is 0 Å². The van der Waals surface area contributed by atoms with E-state index >= 15 is 0 Å². The molecule has 1 aliphatic heterocycles. The normalized spacial score (nSPS) is 28.2. The molecule has 0 saturated carbocycles. The smallest absolute Gasteiger partial charge is 0.0902 e. The summed E-state index contributed by atoms with van der Waals surface area (Å²) in [6.07, 6.45) is 0.140. The van der Waals surface area contributed by atoms with Gasteiger partial charge in [-0.2, -0.15) is 0 Å². The molecular formula is C11H18N2OS. The van der Waals surface area contributed by atoms with Crippen molar-refractivity contribution in [2.45, 2.75) is 19.1 Å². The zero-order valence-electron chi connectivity index (χ0n) is 9.27. The Morgan fingerprint density at radius 3 is 3.07 bits per heavy atom. The van der Waals surface area contributed by atoms with Crippen LogP contribution in [0.25, 0.3) is 0 Å². The minimum absolute atomic E-state index is 0.140. The molecule has 2 atom stereocenters. The quantitative estimate of drug-likeness (QED) is 0.828. The highest BCUT2D eigenvalue weighted by molar-refractivity contribution is 7.10. The SMILES string of the molecule is Cc1ccsc1C1C(CN)OCCN1C. The molecule has 2 N–H and O–H groups in total. The molecule has 0 aliphatic carbocycles. The lowest BCUT2D eigenvalue weighted by Crippen LogP contribution is -2.46. The van der Waals surface area contributed by atoms with E-state index < -0.39 is 0 Å². The van der Waals surface area contributed by atoms with Gasteiger partial charge >= 0.3 is 0 Å². The van der Waals surface area contributed by atoms with Crippen LogP contribution in [-0.2, 0) is 4.74 Å². The van der Waals surface area contributed by atoms with Crippen molar-refractivity contribution in [1.29, 1.82) is 0 Å². The predicted octanol–water partition coefficient (Wildman–Crippen LogP) is 1.39. The first kappa shape index (κ1) is 11.1. The van der Waals surface area contributed by atoms with Gasteiger partial charge in [-0.3, -0.25) is 4.90 Å². The van der Waals surface area contributed by atoms with Gasteiger partial charge < -0.3 is 10.5 Å². The molecule has 2 unspecified atom stereocenters. The van der Waals surface area contributed by atoms with Crippen molar-refractivity contribution in [3.8, 4) is 0 Å². The molecule has 84 valence electrons. The summed E-state index contributed by atoms with van der Waals surface area (Å²) in [7, 11) is 2.15. The molecule has 0 aromatic carbocycles. The van der Waals surface area contributed by atoms with E-state index in [1.54, 1.807) is 11.3 Å². The number of nitrogens with two attached hydrogens (primary N) is 1. The van der Waals surface area contributed by atoms with Gasteiger partial charge in [0.15, 0.2) is 0 Å². The van der Waals surface area contributed by atoms with Crippen molar-refractivity contribution in [2.75, 3.05) is 26.7 Å². The second-order valence-corrected chi connectivity index (χ2v) is 4.99. The maximum Gasteiger partial charge on any atom is 0.0902 e. The highest BCUT2D eigenvalue weighted by Gasteiger charge is 2.32. The molecule has 2 rings (SSSR count). The molecule has 3 nitrogen and oxygen atoms in total. The van der Waals surface area contributed by atoms with E-state index in [4.69, 9.17) is 10.5 Å². The Hall–Kier alpha value is -0.420. The molecule has 1 saturated heterocycles. The fourth-order valence-electron chi connectivity index (χ4n) is 2.12. The van der Waals surface area contributed by atoms with Gasteiger partial charge in [0.2, 0.25) is 0 Å².